The van der Waals surface area contributed by atoms with E-state index < -0.39 is 0 Å². The van der Waals surface area contributed by atoms with E-state index in [1.807, 2.05) is 12.1 Å². The van der Waals surface area contributed by atoms with Crippen molar-refractivity contribution in [3.63, 3.8) is 0 Å². The van der Waals surface area contributed by atoms with Crippen LogP contribution in [0.15, 0.2) is 33.5 Å². The number of hydrogen-bond donors (Lipinski definition) is 1. The van der Waals surface area contributed by atoms with Crippen LogP contribution in [0.25, 0.3) is 10.8 Å². The number of hydrogen-bond acceptors (Lipinski definition) is 3. The molecule has 2 N–H and O–H groups in total. The van der Waals surface area contributed by atoms with Crippen molar-refractivity contribution in [2.45, 2.75) is 6.92 Å². The molecule has 1 aromatic carbocycles. The van der Waals surface area contributed by atoms with Gasteiger partial charge in [0.1, 0.15) is 5.76 Å². The number of aryl methyl sites for hydroxylation is 1. The Morgan fingerprint density at radius 1 is 1.31 bits per heavy atom. The molecule has 3 heteroatoms. The minimum atomic E-state index is -0.331. The number of anilines is 1. The topological polar surface area (TPSA) is 56.2 Å². The fourth-order valence-corrected chi connectivity index (χ4v) is 1.33. The number of nitrogen functional groups attached to an aromatic ring is 1. The van der Waals surface area contributed by atoms with Crippen LogP contribution >= 0.6 is 0 Å². The molecule has 0 aliphatic heterocycles. The number of rotatable bonds is 0. The highest BCUT2D eigenvalue weighted by Crippen LogP contribution is 2.14. The Balaban J connectivity index is 2.95. The summed E-state index contributed by atoms with van der Waals surface area (Å²) < 4.78 is 4.93. The minimum Gasteiger partial charge on any atom is -0.428 e. The molecule has 66 valence electrons. The fourth-order valence-electron chi connectivity index (χ4n) is 1.33. The first kappa shape index (κ1) is 7.86. The molecule has 0 unspecified atom stereocenters. The molecular weight excluding hydrogens is 166 g/mol. The van der Waals surface area contributed by atoms with Gasteiger partial charge in [0.15, 0.2) is 0 Å². The second-order valence-corrected chi connectivity index (χ2v) is 2.99. The van der Waals surface area contributed by atoms with Crippen LogP contribution in [0, 0.1) is 6.92 Å². The zero-order valence-corrected chi connectivity index (χ0v) is 7.20. The average molecular weight is 175 g/mol. The van der Waals surface area contributed by atoms with Crippen molar-refractivity contribution < 1.29 is 4.42 Å². The lowest BCUT2D eigenvalue weighted by Crippen LogP contribution is -2.00. The predicted molar refractivity (Wildman–Crippen MR) is 51.6 cm³/mol. The first-order valence-corrected chi connectivity index (χ1v) is 3.97. The van der Waals surface area contributed by atoms with E-state index in [1.54, 1.807) is 19.1 Å². The maximum Gasteiger partial charge on any atom is 0.343 e. The summed E-state index contributed by atoms with van der Waals surface area (Å²) in [4.78, 5) is 11.3. The molecule has 3 nitrogen and oxygen atoms in total. The van der Waals surface area contributed by atoms with Crippen molar-refractivity contribution in [1.82, 2.24) is 0 Å². The Kier molecular flexibility index (Phi) is 1.59. The molecular formula is C10H9NO2. The molecule has 13 heavy (non-hydrogen) atoms. The summed E-state index contributed by atoms with van der Waals surface area (Å²) in [7, 11) is 0. The molecule has 0 saturated heterocycles. The molecule has 0 aliphatic rings. The van der Waals surface area contributed by atoms with Crippen molar-refractivity contribution in [3.8, 4) is 0 Å². The number of nitrogens with two attached hydrogens (primary N) is 1. The molecule has 2 aromatic rings. The zero-order chi connectivity index (χ0) is 9.42. The van der Waals surface area contributed by atoms with E-state index in [0.717, 1.165) is 5.39 Å². The SMILES string of the molecule is Cc1cc2ccc(N)cc2c(=O)o1. The third kappa shape index (κ3) is 1.28. The molecule has 0 bridgehead atoms. The summed E-state index contributed by atoms with van der Waals surface area (Å²) in [5.41, 5.74) is 5.79. The van der Waals surface area contributed by atoms with Crippen molar-refractivity contribution >= 4 is 16.5 Å². The van der Waals surface area contributed by atoms with Crippen LogP contribution in [-0.2, 0) is 0 Å². The molecule has 0 saturated carbocycles. The Labute approximate surface area is 74.8 Å². The average Bonchev–Trinajstić information content (AvgIpc) is 2.06. The van der Waals surface area contributed by atoms with E-state index in [9.17, 15) is 4.79 Å². The van der Waals surface area contributed by atoms with Crippen molar-refractivity contribution in [3.05, 3.63) is 40.4 Å². The van der Waals surface area contributed by atoms with Gasteiger partial charge in [-0.3, -0.25) is 0 Å². The smallest absolute Gasteiger partial charge is 0.343 e. The lowest BCUT2D eigenvalue weighted by Gasteiger charge is -1.98. The lowest BCUT2D eigenvalue weighted by molar-refractivity contribution is 0.488. The van der Waals surface area contributed by atoms with Gasteiger partial charge in [-0.15, -0.1) is 0 Å². The van der Waals surface area contributed by atoms with Crippen molar-refractivity contribution in [2.24, 2.45) is 0 Å². The van der Waals surface area contributed by atoms with Crippen LogP contribution in [0.1, 0.15) is 5.76 Å². The van der Waals surface area contributed by atoms with E-state index in [-0.39, 0.29) is 5.63 Å². The van der Waals surface area contributed by atoms with Gasteiger partial charge in [0.2, 0.25) is 0 Å². The van der Waals surface area contributed by atoms with Crippen molar-refractivity contribution in [1.29, 1.82) is 0 Å². The first-order valence-electron chi connectivity index (χ1n) is 3.97. The van der Waals surface area contributed by atoms with Gasteiger partial charge < -0.3 is 10.2 Å². The normalized spacial score (nSPS) is 10.5. The Morgan fingerprint density at radius 3 is 2.85 bits per heavy atom. The second-order valence-electron chi connectivity index (χ2n) is 2.99. The Hall–Kier alpha value is -1.77. The summed E-state index contributed by atoms with van der Waals surface area (Å²) in [6, 6.07) is 7.02. The summed E-state index contributed by atoms with van der Waals surface area (Å²) in [6.07, 6.45) is 0. The van der Waals surface area contributed by atoms with Gasteiger partial charge in [-0.05, 0) is 30.5 Å². The fraction of sp³-hybridized carbons (Fsp3) is 0.100. The lowest BCUT2D eigenvalue weighted by atomic mass is 10.1. The maximum atomic E-state index is 11.3. The van der Waals surface area contributed by atoms with E-state index in [2.05, 4.69) is 0 Å². The second kappa shape index (κ2) is 2.62. The highest BCUT2D eigenvalue weighted by molar-refractivity contribution is 5.84. The molecule has 1 aromatic heterocycles. The van der Waals surface area contributed by atoms with Crippen LogP contribution < -0.4 is 11.4 Å². The molecule has 0 radical (unpaired) electrons. The van der Waals surface area contributed by atoms with Gasteiger partial charge in [0.25, 0.3) is 0 Å². The quantitative estimate of drug-likeness (QED) is 0.620. The van der Waals surface area contributed by atoms with Gasteiger partial charge in [0, 0.05) is 5.69 Å². The summed E-state index contributed by atoms with van der Waals surface area (Å²) in [5.74, 6) is 0.613. The van der Waals surface area contributed by atoms with Gasteiger partial charge in [-0.1, -0.05) is 6.07 Å². The van der Waals surface area contributed by atoms with E-state index in [4.69, 9.17) is 10.2 Å². The molecule has 0 aliphatic carbocycles. The molecule has 0 fully saturated rings. The summed E-state index contributed by atoms with van der Waals surface area (Å²) >= 11 is 0. The zero-order valence-electron chi connectivity index (χ0n) is 7.20. The van der Waals surface area contributed by atoms with Crippen LogP contribution in [0.3, 0.4) is 0 Å². The van der Waals surface area contributed by atoms with Crippen LogP contribution in [-0.4, -0.2) is 0 Å². The third-order valence-electron chi connectivity index (χ3n) is 1.91. The molecule has 0 atom stereocenters. The monoisotopic (exact) mass is 175 g/mol. The van der Waals surface area contributed by atoms with Crippen LogP contribution in [0.4, 0.5) is 5.69 Å². The molecule has 0 spiro atoms. The van der Waals surface area contributed by atoms with Gasteiger partial charge >= 0.3 is 5.63 Å². The Bertz CT molecular complexity index is 514. The number of benzene rings is 1. The van der Waals surface area contributed by atoms with Gasteiger partial charge in [-0.25, -0.2) is 4.79 Å². The largest absolute Gasteiger partial charge is 0.428 e. The van der Waals surface area contributed by atoms with Crippen LogP contribution in [0.2, 0.25) is 0 Å². The summed E-state index contributed by atoms with van der Waals surface area (Å²) in [6.45, 7) is 1.75. The molecule has 1 heterocycles. The first-order chi connectivity index (χ1) is 6.16. The molecule has 0 amide bonds. The Morgan fingerprint density at radius 2 is 2.08 bits per heavy atom. The van der Waals surface area contributed by atoms with Gasteiger partial charge in [-0.2, -0.15) is 0 Å². The van der Waals surface area contributed by atoms with Crippen molar-refractivity contribution in [2.75, 3.05) is 5.73 Å². The highest BCUT2D eigenvalue weighted by Gasteiger charge is 2.01. The van der Waals surface area contributed by atoms with E-state index in [1.165, 1.54) is 0 Å². The minimum absolute atomic E-state index is 0.331. The molecule has 2 rings (SSSR count). The van der Waals surface area contributed by atoms with Gasteiger partial charge in [0.05, 0.1) is 5.39 Å². The highest BCUT2D eigenvalue weighted by atomic mass is 16.4. The standard InChI is InChI=1S/C10H9NO2/c1-6-4-7-2-3-8(11)5-9(7)10(12)13-6/h2-5H,11H2,1H3. The summed E-state index contributed by atoms with van der Waals surface area (Å²) in [5, 5.41) is 1.40. The third-order valence-corrected chi connectivity index (χ3v) is 1.91. The van der Waals surface area contributed by atoms with Crippen LogP contribution in [0.5, 0.6) is 0 Å². The van der Waals surface area contributed by atoms with E-state index >= 15 is 0 Å². The number of fused-ring (bicyclic) bond motifs is 1. The van der Waals surface area contributed by atoms with E-state index in [0.29, 0.717) is 16.8 Å². The predicted octanol–water partition coefficient (Wildman–Crippen LogP) is 1.68. The maximum absolute atomic E-state index is 11.3.